The number of hydrogen-bond acceptors (Lipinski definition) is 5. The van der Waals surface area contributed by atoms with Crippen LogP contribution in [0.15, 0.2) is 47.9 Å². The fraction of sp³-hybridized carbons (Fsp3) is 0.333. The quantitative estimate of drug-likeness (QED) is 0.453. The average Bonchev–Trinajstić information content (AvgIpc) is 2.54. The maximum absolute atomic E-state index is 12.3. The van der Waals surface area contributed by atoms with E-state index in [0.29, 0.717) is 0 Å². The van der Waals surface area contributed by atoms with Crippen molar-refractivity contribution in [1.82, 2.24) is 9.62 Å². The lowest BCUT2D eigenvalue weighted by Gasteiger charge is -2.19. The summed E-state index contributed by atoms with van der Waals surface area (Å²) in [7, 11) is -2.59. The van der Waals surface area contributed by atoms with Crippen molar-refractivity contribution in [3.05, 3.63) is 43.0 Å². The second-order valence-corrected chi connectivity index (χ2v) is 6.90. The van der Waals surface area contributed by atoms with Crippen LogP contribution in [0.4, 0.5) is 0 Å². The van der Waals surface area contributed by atoms with Crippen molar-refractivity contribution < 1.29 is 27.9 Å². The van der Waals surface area contributed by atoms with E-state index >= 15 is 0 Å². The number of sulfonamides is 1. The van der Waals surface area contributed by atoms with Gasteiger partial charge < -0.3 is 15.2 Å². The smallest absolute Gasteiger partial charge is 0.328 e. The molecule has 1 atom stereocenters. The Balaban J connectivity index is 2.68. The van der Waals surface area contributed by atoms with Gasteiger partial charge in [0.1, 0.15) is 0 Å². The van der Waals surface area contributed by atoms with Crippen molar-refractivity contribution in [2.75, 3.05) is 26.8 Å². The lowest BCUT2D eigenvalue weighted by atomic mass is 10.3. The number of carboxylic acid groups (broad SMARTS) is 1. The first-order valence-electron chi connectivity index (χ1n) is 7.01. The fourth-order valence-corrected chi connectivity index (χ4v) is 2.89. The molecule has 0 saturated heterocycles. The number of carbonyl (C=O) groups is 2. The van der Waals surface area contributed by atoms with Gasteiger partial charge in [-0.05, 0) is 12.1 Å². The molecule has 132 valence electrons. The van der Waals surface area contributed by atoms with Crippen molar-refractivity contribution >= 4 is 21.9 Å². The number of ether oxygens (including phenoxy) is 1. The van der Waals surface area contributed by atoms with Gasteiger partial charge in [-0.15, -0.1) is 6.58 Å². The van der Waals surface area contributed by atoms with Crippen molar-refractivity contribution in [1.29, 1.82) is 0 Å². The van der Waals surface area contributed by atoms with Crippen LogP contribution in [0.25, 0.3) is 0 Å². The highest BCUT2D eigenvalue weighted by Gasteiger charge is 2.25. The van der Waals surface area contributed by atoms with E-state index in [9.17, 15) is 18.0 Å². The number of aliphatic carboxylic acids is 1. The molecule has 0 aliphatic carbocycles. The molecule has 1 aromatic carbocycles. The average molecular weight is 356 g/mol. The maximum Gasteiger partial charge on any atom is 0.328 e. The number of rotatable bonds is 10. The van der Waals surface area contributed by atoms with Crippen LogP contribution in [-0.2, 0) is 24.3 Å². The van der Waals surface area contributed by atoms with Gasteiger partial charge in [-0.2, -0.15) is 4.31 Å². The van der Waals surface area contributed by atoms with Crippen molar-refractivity contribution in [2.45, 2.75) is 10.9 Å². The summed E-state index contributed by atoms with van der Waals surface area (Å²) in [4.78, 5) is 23.0. The Labute approximate surface area is 140 Å². The minimum atomic E-state index is -3.83. The molecular formula is C15H20N2O6S. The molecule has 0 saturated carbocycles. The van der Waals surface area contributed by atoms with Gasteiger partial charge in [0.25, 0.3) is 0 Å². The highest BCUT2D eigenvalue weighted by molar-refractivity contribution is 7.89. The Morgan fingerprint density at radius 1 is 1.38 bits per heavy atom. The van der Waals surface area contributed by atoms with Crippen LogP contribution < -0.4 is 5.32 Å². The summed E-state index contributed by atoms with van der Waals surface area (Å²) in [5.74, 6) is -2.02. The van der Waals surface area contributed by atoms with Crippen LogP contribution in [0.2, 0.25) is 0 Å². The highest BCUT2D eigenvalue weighted by atomic mass is 32.2. The van der Waals surface area contributed by atoms with Gasteiger partial charge in [0.2, 0.25) is 15.9 Å². The topological polar surface area (TPSA) is 113 Å². The molecule has 0 aliphatic heterocycles. The number of hydrogen-bond donors (Lipinski definition) is 2. The summed E-state index contributed by atoms with van der Waals surface area (Å²) in [6, 6.07) is 6.35. The molecule has 8 nitrogen and oxygen atoms in total. The lowest BCUT2D eigenvalue weighted by molar-refractivity contribution is -0.143. The summed E-state index contributed by atoms with van der Waals surface area (Å²) in [6.07, 6.45) is 1.45. The minimum absolute atomic E-state index is 0.0457. The van der Waals surface area contributed by atoms with Crippen molar-refractivity contribution in [2.24, 2.45) is 0 Å². The van der Waals surface area contributed by atoms with Crippen LogP contribution >= 0.6 is 0 Å². The van der Waals surface area contributed by atoms with Gasteiger partial charge in [-0.25, -0.2) is 13.2 Å². The van der Waals surface area contributed by atoms with E-state index in [4.69, 9.17) is 9.84 Å². The molecule has 0 spiro atoms. The Kier molecular flexibility index (Phi) is 7.56. The highest BCUT2D eigenvalue weighted by Crippen LogP contribution is 2.12. The Bertz CT molecular complexity index is 674. The number of carbonyl (C=O) groups excluding carboxylic acids is 1. The first kappa shape index (κ1) is 19.8. The van der Waals surface area contributed by atoms with Gasteiger partial charge in [0.05, 0.1) is 24.7 Å². The molecular weight excluding hydrogens is 336 g/mol. The number of carboxylic acids is 1. The zero-order valence-electron chi connectivity index (χ0n) is 13.2. The van der Waals surface area contributed by atoms with Gasteiger partial charge in [-0.3, -0.25) is 4.79 Å². The number of amides is 1. The molecule has 0 radical (unpaired) electrons. The van der Waals surface area contributed by atoms with Crippen LogP contribution in [-0.4, -0.2) is 62.6 Å². The predicted octanol–water partition coefficient (Wildman–Crippen LogP) is 0.0791. The zero-order valence-corrected chi connectivity index (χ0v) is 14.0. The molecule has 0 fully saturated rings. The second kappa shape index (κ2) is 9.16. The molecule has 0 bridgehead atoms. The van der Waals surface area contributed by atoms with E-state index in [1.165, 1.54) is 25.3 Å². The van der Waals surface area contributed by atoms with Gasteiger partial charge in [0, 0.05) is 7.05 Å². The lowest BCUT2D eigenvalue weighted by Crippen LogP contribution is -2.48. The molecule has 1 unspecified atom stereocenters. The van der Waals surface area contributed by atoms with E-state index in [0.717, 1.165) is 4.31 Å². The van der Waals surface area contributed by atoms with Crippen LogP contribution in [0.1, 0.15) is 0 Å². The van der Waals surface area contributed by atoms with E-state index < -0.39 is 34.5 Å². The molecule has 1 aromatic rings. The summed E-state index contributed by atoms with van der Waals surface area (Å²) in [5, 5.41) is 11.3. The van der Waals surface area contributed by atoms with Crippen molar-refractivity contribution in [3.8, 4) is 0 Å². The third-order valence-corrected chi connectivity index (χ3v) is 4.79. The van der Waals surface area contributed by atoms with Gasteiger partial charge in [-0.1, -0.05) is 24.3 Å². The van der Waals surface area contributed by atoms with Gasteiger partial charge >= 0.3 is 5.97 Å². The number of likely N-dealkylation sites (N-methyl/N-ethyl adjacent to an activating group) is 1. The molecule has 9 heteroatoms. The molecule has 1 amide bonds. The number of nitrogens with zero attached hydrogens (tertiary/aromatic N) is 1. The Morgan fingerprint density at radius 2 is 2.00 bits per heavy atom. The predicted molar refractivity (Wildman–Crippen MR) is 86.8 cm³/mol. The van der Waals surface area contributed by atoms with Crippen molar-refractivity contribution in [3.63, 3.8) is 0 Å². The third kappa shape index (κ3) is 5.76. The standard InChI is InChI=1S/C15H20N2O6S/c1-3-9-23-11-13(15(19)20)16-14(18)10-17(2)24(21,22)12-7-5-4-6-8-12/h3-8,13H,1,9-11H2,2H3,(H,16,18)(H,19,20). The fourth-order valence-electron chi connectivity index (χ4n) is 1.74. The Morgan fingerprint density at radius 3 is 2.54 bits per heavy atom. The second-order valence-electron chi connectivity index (χ2n) is 4.86. The van der Waals surface area contributed by atoms with E-state index in [1.807, 2.05) is 0 Å². The molecule has 0 heterocycles. The monoisotopic (exact) mass is 356 g/mol. The van der Waals surface area contributed by atoms with Crippen LogP contribution in [0.3, 0.4) is 0 Å². The first-order chi connectivity index (χ1) is 11.3. The molecule has 0 aromatic heterocycles. The summed E-state index contributed by atoms with van der Waals surface area (Å²) < 4.78 is 30.4. The van der Waals surface area contributed by atoms with E-state index in [2.05, 4.69) is 11.9 Å². The number of nitrogens with one attached hydrogen (secondary N) is 1. The summed E-state index contributed by atoms with van der Waals surface area (Å²) in [6.45, 7) is 2.81. The zero-order chi connectivity index (χ0) is 18.2. The minimum Gasteiger partial charge on any atom is -0.480 e. The Hall–Kier alpha value is -2.23. The maximum atomic E-state index is 12.3. The normalized spacial score (nSPS) is 12.6. The molecule has 1 rings (SSSR count). The summed E-state index contributed by atoms with van der Waals surface area (Å²) >= 11 is 0. The van der Waals surface area contributed by atoms with Crippen LogP contribution in [0.5, 0.6) is 0 Å². The third-order valence-electron chi connectivity index (χ3n) is 2.97. The summed E-state index contributed by atoms with van der Waals surface area (Å²) in [5.41, 5.74) is 0. The molecule has 24 heavy (non-hydrogen) atoms. The molecule has 2 N–H and O–H groups in total. The largest absolute Gasteiger partial charge is 0.480 e. The van der Waals surface area contributed by atoms with Crippen LogP contribution in [0, 0.1) is 0 Å². The number of benzene rings is 1. The van der Waals surface area contributed by atoms with Gasteiger partial charge in [0.15, 0.2) is 6.04 Å². The van der Waals surface area contributed by atoms with E-state index in [-0.39, 0.29) is 18.1 Å². The van der Waals surface area contributed by atoms with E-state index in [1.54, 1.807) is 18.2 Å². The SMILES string of the molecule is C=CCOCC(NC(=O)CN(C)S(=O)(=O)c1ccccc1)C(=O)O. The first-order valence-corrected chi connectivity index (χ1v) is 8.45. The molecule has 0 aliphatic rings.